The van der Waals surface area contributed by atoms with Crippen LogP contribution in [0, 0.1) is 0 Å². The Morgan fingerprint density at radius 2 is 1.95 bits per heavy atom. The molecule has 0 aliphatic heterocycles. The molecule has 0 aromatic carbocycles. The zero-order valence-electron chi connectivity index (χ0n) is 13.8. The van der Waals surface area contributed by atoms with Gasteiger partial charge in [0.05, 0.1) is 0 Å². The molecule has 0 fully saturated rings. The Hall–Kier alpha value is -0.650. The predicted molar refractivity (Wildman–Crippen MR) is 91.8 cm³/mol. The smallest absolute Gasteiger partial charge is 0.217 e. The SMILES string of the molecule is CCNCc1cc(Br)cnc1OCCN(C(C)C)C(C)C. The summed E-state index contributed by atoms with van der Waals surface area (Å²) in [5.41, 5.74) is 1.09. The number of halogens is 1. The highest BCUT2D eigenvalue weighted by Crippen LogP contribution is 2.20. The monoisotopic (exact) mass is 357 g/mol. The van der Waals surface area contributed by atoms with Crippen molar-refractivity contribution in [3.05, 3.63) is 22.3 Å². The minimum atomic E-state index is 0.521. The predicted octanol–water partition coefficient (Wildman–Crippen LogP) is 3.45. The maximum atomic E-state index is 5.91. The van der Waals surface area contributed by atoms with Gasteiger partial charge in [0.2, 0.25) is 5.88 Å². The molecule has 1 aromatic rings. The minimum absolute atomic E-state index is 0.521. The first-order valence-corrected chi connectivity index (χ1v) is 8.48. The number of pyridine rings is 1. The quantitative estimate of drug-likeness (QED) is 0.734. The van der Waals surface area contributed by atoms with Crippen LogP contribution in [0.4, 0.5) is 0 Å². The molecule has 0 unspecified atom stereocenters. The van der Waals surface area contributed by atoms with Crippen LogP contribution in [0.5, 0.6) is 5.88 Å². The summed E-state index contributed by atoms with van der Waals surface area (Å²) in [6.07, 6.45) is 1.79. The van der Waals surface area contributed by atoms with E-state index in [1.165, 1.54) is 0 Å². The number of ether oxygens (including phenoxy) is 1. The fourth-order valence-corrected chi connectivity index (χ4v) is 2.72. The van der Waals surface area contributed by atoms with Crippen molar-refractivity contribution in [2.24, 2.45) is 0 Å². The molecule has 0 spiro atoms. The Morgan fingerprint density at radius 1 is 1.29 bits per heavy atom. The van der Waals surface area contributed by atoms with Crippen molar-refractivity contribution in [2.45, 2.75) is 53.2 Å². The van der Waals surface area contributed by atoms with Gasteiger partial charge in [-0.3, -0.25) is 4.90 Å². The first-order valence-electron chi connectivity index (χ1n) is 7.69. The molecule has 0 saturated carbocycles. The Labute approximate surface area is 137 Å². The summed E-state index contributed by atoms with van der Waals surface area (Å²) in [7, 11) is 0. The van der Waals surface area contributed by atoms with E-state index < -0.39 is 0 Å². The fraction of sp³-hybridized carbons (Fsp3) is 0.688. The summed E-state index contributed by atoms with van der Waals surface area (Å²) in [4.78, 5) is 6.81. The van der Waals surface area contributed by atoms with Crippen molar-refractivity contribution >= 4 is 15.9 Å². The highest BCUT2D eigenvalue weighted by atomic mass is 79.9. The van der Waals surface area contributed by atoms with Crippen molar-refractivity contribution in [1.29, 1.82) is 0 Å². The minimum Gasteiger partial charge on any atom is -0.476 e. The van der Waals surface area contributed by atoms with E-state index in [1.807, 2.05) is 0 Å². The number of hydrogen-bond acceptors (Lipinski definition) is 4. The second kappa shape index (κ2) is 9.38. The molecule has 0 saturated heterocycles. The van der Waals surface area contributed by atoms with Gasteiger partial charge in [-0.25, -0.2) is 4.98 Å². The average Bonchev–Trinajstić information content (AvgIpc) is 2.42. The highest BCUT2D eigenvalue weighted by Gasteiger charge is 2.14. The van der Waals surface area contributed by atoms with Crippen LogP contribution < -0.4 is 10.1 Å². The molecule has 1 rings (SSSR count). The number of hydrogen-bond donors (Lipinski definition) is 1. The lowest BCUT2D eigenvalue weighted by Gasteiger charge is -2.30. The van der Waals surface area contributed by atoms with Crippen LogP contribution in [0.1, 0.15) is 40.2 Å². The van der Waals surface area contributed by atoms with E-state index in [4.69, 9.17) is 4.74 Å². The number of nitrogens with one attached hydrogen (secondary N) is 1. The molecule has 21 heavy (non-hydrogen) atoms. The van der Waals surface area contributed by atoms with E-state index in [1.54, 1.807) is 6.20 Å². The average molecular weight is 358 g/mol. The lowest BCUT2D eigenvalue weighted by Crippen LogP contribution is -2.39. The molecule has 120 valence electrons. The Kier molecular flexibility index (Phi) is 8.22. The van der Waals surface area contributed by atoms with Gasteiger partial charge in [0.1, 0.15) is 6.61 Å². The van der Waals surface area contributed by atoms with Gasteiger partial charge in [0.25, 0.3) is 0 Å². The number of rotatable bonds is 9. The van der Waals surface area contributed by atoms with E-state index in [-0.39, 0.29) is 0 Å². The van der Waals surface area contributed by atoms with Crippen LogP contribution >= 0.6 is 15.9 Å². The summed E-state index contributed by atoms with van der Waals surface area (Å²) < 4.78 is 6.89. The Morgan fingerprint density at radius 3 is 2.52 bits per heavy atom. The Bertz CT molecular complexity index is 416. The third-order valence-corrected chi connectivity index (χ3v) is 3.81. The van der Waals surface area contributed by atoms with Gasteiger partial charge in [-0.15, -0.1) is 0 Å². The second-order valence-electron chi connectivity index (χ2n) is 5.67. The maximum Gasteiger partial charge on any atom is 0.217 e. The largest absolute Gasteiger partial charge is 0.476 e. The van der Waals surface area contributed by atoms with Crippen molar-refractivity contribution in [3.63, 3.8) is 0 Å². The normalized spacial score (nSPS) is 11.7. The standard InChI is InChI=1S/C16H28BrN3O/c1-6-18-10-14-9-15(17)11-19-16(14)21-8-7-20(12(2)3)13(4)5/h9,11-13,18H,6-8,10H2,1-5H3. The van der Waals surface area contributed by atoms with E-state index in [0.29, 0.717) is 18.7 Å². The first-order chi connectivity index (χ1) is 9.95. The molecular formula is C16H28BrN3O. The topological polar surface area (TPSA) is 37.4 Å². The molecule has 0 radical (unpaired) electrons. The molecule has 0 aliphatic rings. The van der Waals surface area contributed by atoms with Crippen LogP contribution in [0.3, 0.4) is 0 Å². The van der Waals surface area contributed by atoms with Crippen molar-refractivity contribution < 1.29 is 4.74 Å². The third kappa shape index (κ3) is 6.32. The van der Waals surface area contributed by atoms with E-state index in [2.05, 4.69) is 71.8 Å². The van der Waals surface area contributed by atoms with E-state index in [0.717, 1.165) is 35.6 Å². The van der Waals surface area contributed by atoms with Gasteiger partial charge in [0.15, 0.2) is 0 Å². The van der Waals surface area contributed by atoms with Gasteiger partial charge in [-0.05, 0) is 56.2 Å². The van der Waals surface area contributed by atoms with Gasteiger partial charge >= 0.3 is 0 Å². The molecule has 1 aromatic heterocycles. The number of nitrogens with zero attached hydrogens (tertiary/aromatic N) is 2. The van der Waals surface area contributed by atoms with Crippen LogP contribution in [0.25, 0.3) is 0 Å². The van der Waals surface area contributed by atoms with E-state index >= 15 is 0 Å². The van der Waals surface area contributed by atoms with Crippen LogP contribution in [-0.2, 0) is 6.54 Å². The fourth-order valence-electron chi connectivity index (χ4n) is 2.35. The summed E-state index contributed by atoms with van der Waals surface area (Å²) in [6, 6.07) is 3.11. The molecule has 4 nitrogen and oxygen atoms in total. The zero-order chi connectivity index (χ0) is 15.8. The molecule has 1 heterocycles. The number of aromatic nitrogens is 1. The molecule has 0 aliphatic carbocycles. The van der Waals surface area contributed by atoms with Gasteiger partial charge < -0.3 is 10.1 Å². The molecule has 0 amide bonds. The summed E-state index contributed by atoms with van der Waals surface area (Å²) in [5, 5.41) is 3.32. The zero-order valence-corrected chi connectivity index (χ0v) is 15.4. The van der Waals surface area contributed by atoms with Crippen LogP contribution in [-0.4, -0.2) is 41.7 Å². The van der Waals surface area contributed by atoms with Gasteiger partial charge in [0, 0.05) is 41.4 Å². The van der Waals surface area contributed by atoms with Gasteiger partial charge in [-0.1, -0.05) is 6.92 Å². The molecule has 1 N–H and O–H groups in total. The van der Waals surface area contributed by atoms with Crippen LogP contribution in [0.15, 0.2) is 16.7 Å². The Balaban J connectivity index is 2.61. The van der Waals surface area contributed by atoms with E-state index in [9.17, 15) is 0 Å². The lowest BCUT2D eigenvalue weighted by molar-refractivity contribution is 0.139. The first kappa shape index (κ1) is 18.4. The molecule has 5 heteroatoms. The van der Waals surface area contributed by atoms with Crippen molar-refractivity contribution in [1.82, 2.24) is 15.2 Å². The van der Waals surface area contributed by atoms with Crippen molar-refractivity contribution in [2.75, 3.05) is 19.7 Å². The second-order valence-corrected chi connectivity index (χ2v) is 6.59. The third-order valence-electron chi connectivity index (χ3n) is 3.37. The highest BCUT2D eigenvalue weighted by molar-refractivity contribution is 9.10. The van der Waals surface area contributed by atoms with Gasteiger partial charge in [-0.2, -0.15) is 0 Å². The lowest BCUT2D eigenvalue weighted by atomic mass is 10.2. The van der Waals surface area contributed by atoms with Crippen molar-refractivity contribution in [3.8, 4) is 5.88 Å². The van der Waals surface area contributed by atoms with Crippen LogP contribution in [0.2, 0.25) is 0 Å². The molecule has 0 atom stereocenters. The summed E-state index contributed by atoms with van der Waals surface area (Å²) in [5.74, 6) is 0.728. The summed E-state index contributed by atoms with van der Waals surface area (Å²) in [6.45, 7) is 14.2. The molecular weight excluding hydrogens is 330 g/mol. The molecule has 0 bridgehead atoms. The summed E-state index contributed by atoms with van der Waals surface area (Å²) >= 11 is 3.46. The maximum absolute atomic E-state index is 5.91.